The topological polar surface area (TPSA) is 49.0 Å². The SMILES string of the molecule is c1cc2cc(c1)-n1c[n+](c3ccccc31)Cc1ccc(cc1)Cc1cccc(n1)Cc1ccc(cc1)C[n+]1cn(c3ccccc31)-c1cccc(c1)COc1ccc3ccccc3c1-c1c(ccc3ccccc13)OC2. The van der Waals surface area contributed by atoms with E-state index in [4.69, 9.17) is 14.5 Å². The zero-order chi connectivity index (χ0) is 50.4. The summed E-state index contributed by atoms with van der Waals surface area (Å²) in [7, 11) is 0. The maximum Gasteiger partial charge on any atom is 0.250 e. The van der Waals surface area contributed by atoms with Crippen molar-refractivity contribution < 1.29 is 18.6 Å². The molecule has 6 heterocycles. The van der Waals surface area contributed by atoms with E-state index < -0.39 is 0 Å². The molecule has 364 valence electrons. The Hall–Kier alpha value is -9.59. The lowest BCUT2D eigenvalue weighted by molar-refractivity contribution is -0.663. The molecule has 0 fully saturated rings. The third kappa shape index (κ3) is 8.71. The minimum atomic E-state index is 0.374. The Morgan fingerprint density at radius 2 is 0.776 bits per heavy atom. The van der Waals surface area contributed by atoms with E-state index >= 15 is 0 Å². The van der Waals surface area contributed by atoms with Crippen molar-refractivity contribution in [2.45, 2.75) is 39.1 Å². The molecule has 14 bridgehead atoms. The van der Waals surface area contributed by atoms with Gasteiger partial charge in [0, 0.05) is 35.4 Å². The fourth-order valence-corrected chi connectivity index (χ4v) is 11.2. The molecule has 3 aromatic heterocycles. The highest BCUT2D eigenvalue weighted by atomic mass is 16.5. The van der Waals surface area contributed by atoms with Crippen LogP contribution >= 0.6 is 0 Å². The molecule has 0 saturated heterocycles. The van der Waals surface area contributed by atoms with Crippen molar-refractivity contribution in [3.63, 3.8) is 0 Å². The Labute approximate surface area is 441 Å². The van der Waals surface area contributed by atoms with Gasteiger partial charge in [-0.25, -0.2) is 9.13 Å². The Morgan fingerprint density at radius 1 is 0.355 bits per heavy atom. The first kappa shape index (κ1) is 45.1. The van der Waals surface area contributed by atoms with Gasteiger partial charge in [-0.3, -0.25) is 4.98 Å². The van der Waals surface area contributed by atoms with Crippen LogP contribution in [0.25, 0.3) is 66.1 Å². The highest BCUT2D eigenvalue weighted by Gasteiger charge is 2.23. The van der Waals surface area contributed by atoms with Gasteiger partial charge in [-0.2, -0.15) is 9.13 Å². The largest absolute Gasteiger partial charge is 0.488 e. The monoisotopic (exact) mass is 983 g/mol. The van der Waals surface area contributed by atoms with Crippen molar-refractivity contribution in [3.05, 3.63) is 294 Å². The molecule has 0 spiro atoms. The van der Waals surface area contributed by atoms with Gasteiger partial charge in [0.2, 0.25) is 12.7 Å². The van der Waals surface area contributed by atoms with E-state index in [1.165, 1.54) is 33.3 Å². The van der Waals surface area contributed by atoms with Crippen molar-refractivity contribution in [1.29, 1.82) is 0 Å². The molecule has 0 radical (unpaired) electrons. The van der Waals surface area contributed by atoms with E-state index in [0.29, 0.717) is 13.2 Å². The predicted molar refractivity (Wildman–Crippen MR) is 303 cm³/mol. The number of hydrogen-bond donors (Lipinski definition) is 0. The van der Waals surface area contributed by atoms with E-state index in [-0.39, 0.29) is 0 Å². The fourth-order valence-electron chi connectivity index (χ4n) is 11.2. The number of imidazole rings is 2. The lowest BCUT2D eigenvalue weighted by Crippen LogP contribution is -2.32. The molecule has 13 aromatic rings. The van der Waals surface area contributed by atoms with Crippen LogP contribution < -0.4 is 18.6 Å². The first-order valence-corrected chi connectivity index (χ1v) is 26.2. The zero-order valence-corrected chi connectivity index (χ0v) is 42.0. The molecule has 0 saturated carbocycles. The second kappa shape index (κ2) is 19.4. The number of benzene rings is 10. The molecule has 7 heteroatoms. The maximum absolute atomic E-state index is 7.03. The summed E-state index contributed by atoms with van der Waals surface area (Å²) in [6.07, 6.45) is 6.00. The number of hydrogen-bond acceptors (Lipinski definition) is 3. The second-order valence-corrected chi connectivity index (χ2v) is 20.0. The third-order valence-corrected chi connectivity index (χ3v) is 15.0. The van der Waals surface area contributed by atoms with Crippen LogP contribution in [0.5, 0.6) is 11.5 Å². The first-order valence-electron chi connectivity index (χ1n) is 26.2. The predicted octanol–water partition coefficient (Wildman–Crippen LogP) is 14.3. The van der Waals surface area contributed by atoms with Crippen molar-refractivity contribution >= 4 is 43.6 Å². The number of aromatic nitrogens is 5. The minimum Gasteiger partial charge on any atom is -0.488 e. The molecule has 10 aromatic carbocycles. The minimum absolute atomic E-state index is 0.374. The molecule has 7 nitrogen and oxygen atoms in total. The van der Waals surface area contributed by atoms with Gasteiger partial charge in [-0.05, 0) is 128 Å². The van der Waals surface area contributed by atoms with Crippen LogP contribution in [0.15, 0.2) is 249 Å². The van der Waals surface area contributed by atoms with Crippen LogP contribution in [0.4, 0.5) is 0 Å². The van der Waals surface area contributed by atoms with Gasteiger partial charge in [0.1, 0.15) is 49.2 Å². The van der Waals surface area contributed by atoms with E-state index in [2.05, 4.69) is 268 Å². The highest BCUT2D eigenvalue weighted by molar-refractivity contribution is 6.09. The van der Waals surface area contributed by atoms with Crippen LogP contribution in [-0.2, 0) is 39.1 Å². The van der Waals surface area contributed by atoms with Gasteiger partial charge in [0.05, 0.1) is 0 Å². The smallest absolute Gasteiger partial charge is 0.250 e. The van der Waals surface area contributed by atoms with Crippen molar-refractivity contribution in [2.24, 2.45) is 0 Å². The third-order valence-electron chi connectivity index (χ3n) is 15.0. The number of fused-ring (bicyclic) bond motifs is 6. The summed E-state index contributed by atoms with van der Waals surface area (Å²) in [4.78, 5) is 5.14. The van der Waals surface area contributed by atoms with Crippen molar-refractivity contribution in [3.8, 4) is 34.0 Å². The summed E-state index contributed by atoms with van der Waals surface area (Å²) in [5.74, 6) is 1.59. The van der Waals surface area contributed by atoms with E-state index in [0.717, 1.165) is 115 Å². The van der Waals surface area contributed by atoms with Gasteiger partial charge < -0.3 is 9.47 Å². The summed E-state index contributed by atoms with van der Waals surface area (Å²) in [6.45, 7) is 2.22. The Bertz CT molecular complexity index is 4030. The molecule has 16 rings (SSSR count). The molecule has 0 amide bonds. The summed E-state index contributed by atoms with van der Waals surface area (Å²) in [5.41, 5.74) is 18.0. The average molecular weight is 984 g/mol. The van der Waals surface area contributed by atoms with Crippen LogP contribution in [-0.4, -0.2) is 14.1 Å². The molecule has 0 unspecified atom stereocenters. The van der Waals surface area contributed by atoms with Crippen LogP contribution in [0.3, 0.4) is 0 Å². The first-order chi connectivity index (χ1) is 37.6. The molecule has 0 aliphatic carbocycles. The summed E-state index contributed by atoms with van der Waals surface area (Å²) >= 11 is 0. The lowest BCUT2D eigenvalue weighted by atomic mass is 9.92. The van der Waals surface area contributed by atoms with Crippen molar-refractivity contribution in [2.75, 3.05) is 0 Å². The van der Waals surface area contributed by atoms with Gasteiger partial charge >= 0.3 is 0 Å². The standard InChI is InChI=1S/C69H53N5O2/c1-3-20-60-54(14-1)34-36-66-68(60)69-61-21-4-2-15-55(61)35-37-67(69)76-45-53-13-10-19-59(41-53)74-47-72(63-23-6-8-25-65(63)74)43-51-32-28-49(29-33-51)39-57-17-11-16-56(70-57)38-48-26-30-50(31-27-48)42-71-46-73(64-24-7-5-22-62(64)71)58-18-9-12-52(40-58)44-75-66/h1-37,40-41,46-47H,38-39,42-45H2/q+2. The van der Waals surface area contributed by atoms with Gasteiger partial charge in [-0.1, -0.05) is 164 Å². The number of rotatable bonds is 0. The number of nitrogens with zero attached hydrogens (tertiary/aromatic N) is 5. The van der Waals surface area contributed by atoms with Gasteiger partial charge in [0.15, 0.2) is 22.1 Å². The van der Waals surface area contributed by atoms with Gasteiger partial charge in [-0.15, -0.1) is 0 Å². The van der Waals surface area contributed by atoms with Crippen LogP contribution in [0, 0.1) is 0 Å². The number of pyridine rings is 1. The fraction of sp³-hybridized carbons (Fsp3) is 0.0870. The van der Waals surface area contributed by atoms with E-state index in [9.17, 15) is 0 Å². The summed E-state index contributed by atoms with van der Waals surface area (Å²) in [5, 5.41) is 4.47. The van der Waals surface area contributed by atoms with Crippen LogP contribution in [0.2, 0.25) is 0 Å². The quantitative estimate of drug-likeness (QED) is 0.142. The molecule has 0 N–H and O–H groups in total. The maximum atomic E-state index is 7.03. The van der Waals surface area contributed by atoms with E-state index in [1.807, 2.05) is 0 Å². The van der Waals surface area contributed by atoms with Crippen LogP contribution in [0.1, 0.15) is 44.8 Å². The Balaban J connectivity index is 0.868. The molecule has 3 aliphatic rings. The molecular formula is C69H53N5O2+2. The average Bonchev–Trinajstić information content (AvgIpc) is 4.07. The molecule has 3 aliphatic heterocycles. The zero-order valence-electron chi connectivity index (χ0n) is 42.0. The summed E-state index contributed by atoms with van der Waals surface area (Å²) in [6, 6.07) is 84.9. The highest BCUT2D eigenvalue weighted by Crippen LogP contribution is 2.46. The van der Waals surface area contributed by atoms with Gasteiger partial charge in [0.25, 0.3) is 0 Å². The van der Waals surface area contributed by atoms with Crippen molar-refractivity contribution in [1.82, 2.24) is 14.1 Å². The molecule has 0 atom stereocenters. The Kier molecular flexibility index (Phi) is 11.5. The van der Waals surface area contributed by atoms with E-state index in [1.54, 1.807) is 0 Å². The normalized spacial score (nSPS) is 12.9. The molecular weight excluding hydrogens is 931 g/mol. The number of para-hydroxylation sites is 4. The second-order valence-electron chi connectivity index (χ2n) is 20.0. The lowest BCUT2D eigenvalue weighted by Gasteiger charge is -2.20. The Morgan fingerprint density at radius 3 is 1.26 bits per heavy atom. The molecule has 76 heavy (non-hydrogen) atoms. The summed E-state index contributed by atoms with van der Waals surface area (Å²) < 4.78 is 23.3. The number of ether oxygens (including phenoxy) is 2.